The van der Waals surface area contributed by atoms with E-state index in [1.54, 1.807) is 14.2 Å². The van der Waals surface area contributed by atoms with Gasteiger partial charge in [-0.1, -0.05) is 0 Å². The molecule has 0 saturated carbocycles. The molecule has 0 aliphatic carbocycles. The molecular weight excluding hydrogens is 136 g/mol. The van der Waals surface area contributed by atoms with Crippen LogP contribution in [-0.4, -0.2) is 33.4 Å². The molecule has 0 atom stereocenters. The molecule has 0 amide bonds. The number of carboxylic acid groups (broad SMARTS) is 1. The van der Waals surface area contributed by atoms with Crippen LogP contribution >= 0.6 is 0 Å². The molecule has 0 heterocycles. The average molecular weight is 149 g/mol. The number of hydrogen-bond acceptors (Lipinski definition) is 4. The third kappa shape index (κ3) is 52.8. The maximum absolute atomic E-state index is 8.89. The lowest BCUT2D eigenvalue weighted by atomic mass is 10.8. The van der Waals surface area contributed by atoms with E-state index in [0.29, 0.717) is 13.2 Å². The Hall–Kier alpha value is -0.610. The third-order valence-corrected chi connectivity index (χ3v) is 0.492. The van der Waals surface area contributed by atoms with Crippen LogP contribution in [0.1, 0.15) is 6.92 Å². The maximum Gasteiger partial charge on any atom is 0.0696 e. The van der Waals surface area contributed by atoms with E-state index in [1.807, 2.05) is 0 Å². The zero-order valence-corrected chi connectivity index (χ0v) is 6.55. The number of hydrogen-bond donors (Lipinski definition) is 0. The number of ether oxygens (including phenoxy) is 2. The summed E-state index contributed by atoms with van der Waals surface area (Å²) in [6, 6.07) is 0. The highest BCUT2D eigenvalue weighted by molar-refractivity contribution is 5.60. The topological polar surface area (TPSA) is 58.6 Å². The molecule has 0 aliphatic heterocycles. The van der Waals surface area contributed by atoms with E-state index in [1.165, 1.54) is 0 Å². The summed E-state index contributed by atoms with van der Waals surface area (Å²) >= 11 is 0. The van der Waals surface area contributed by atoms with Gasteiger partial charge in [-0.25, -0.2) is 0 Å². The fourth-order valence-electron chi connectivity index (χ4n) is 0.167. The van der Waals surface area contributed by atoms with Crippen molar-refractivity contribution in [1.29, 1.82) is 0 Å². The molecule has 0 aromatic heterocycles. The van der Waals surface area contributed by atoms with Gasteiger partial charge in [0.25, 0.3) is 0 Å². The third-order valence-electron chi connectivity index (χ3n) is 0.492. The first-order chi connectivity index (χ1) is 4.65. The Morgan fingerprint density at radius 1 is 1.30 bits per heavy atom. The molecule has 0 rings (SSSR count). The molecule has 0 aromatic rings. The lowest BCUT2D eigenvalue weighted by Crippen LogP contribution is -2.16. The first-order valence-corrected chi connectivity index (χ1v) is 2.80. The van der Waals surface area contributed by atoms with Crippen molar-refractivity contribution in [2.75, 3.05) is 27.4 Å². The van der Waals surface area contributed by atoms with Crippen LogP contribution in [-0.2, 0) is 14.3 Å². The van der Waals surface area contributed by atoms with Gasteiger partial charge in [0.05, 0.1) is 13.2 Å². The molecule has 0 radical (unpaired) electrons. The van der Waals surface area contributed by atoms with Crippen LogP contribution in [0.25, 0.3) is 0 Å². The summed E-state index contributed by atoms with van der Waals surface area (Å²) in [5.74, 6) is -1.08. The Bertz CT molecular complexity index is 64.1. The van der Waals surface area contributed by atoms with Crippen LogP contribution in [0.2, 0.25) is 0 Å². The summed E-state index contributed by atoms with van der Waals surface area (Å²) in [6.45, 7) is 2.35. The van der Waals surface area contributed by atoms with E-state index < -0.39 is 5.97 Å². The van der Waals surface area contributed by atoms with Gasteiger partial charge in [-0.2, -0.15) is 0 Å². The minimum absolute atomic E-state index is 0.691. The Morgan fingerprint density at radius 2 is 1.50 bits per heavy atom. The van der Waals surface area contributed by atoms with Gasteiger partial charge in [0.15, 0.2) is 0 Å². The summed E-state index contributed by atoms with van der Waals surface area (Å²) in [5.41, 5.74) is 0. The first kappa shape index (κ1) is 12.1. The molecule has 4 heteroatoms. The van der Waals surface area contributed by atoms with Crippen molar-refractivity contribution in [1.82, 2.24) is 0 Å². The monoisotopic (exact) mass is 149 g/mol. The molecule has 0 aromatic carbocycles. The summed E-state index contributed by atoms with van der Waals surface area (Å²) in [4.78, 5) is 8.89. The normalized spacial score (nSPS) is 7.90. The number of rotatable bonds is 3. The lowest BCUT2D eigenvalue weighted by molar-refractivity contribution is -0.302. The highest BCUT2D eigenvalue weighted by atomic mass is 16.5. The van der Waals surface area contributed by atoms with Crippen molar-refractivity contribution in [3.63, 3.8) is 0 Å². The van der Waals surface area contributed by atoms with Crippen LogP contribution in [0.5, 0.6) is 0 Å². The standard InChI is InChI=1S/C4H10O2.C2H4O2/c1-5-3-4-6-2;1-2(3)4/h3-4H2,1-2H3;1H3,(H,3,4)/p-1. The van der Waals surface area contributed by atoms with Gasteiger partial charge >= 0.3 is 0 Å². The fraction of sp³-hybridized carbons (Fsp3) is 0.833. The maximum atomic E-state index is 8.89. The van der Waals surface area contributed by atoms with Crippen molar-refractivity contribution in [2.45, 2.75) is 6.92 Å². The molecule has 62 valence electrons. The van der Waals surface area contributed by atoms with E-state index in [2.05, 4.69) is 9.47 Å². The summed E-state index contributed by atoms with van der Waals surface area (Å²) < 4.78 is 9.31. The molecule has 0 saturated heterocycles. The molecule has 10 heavy (non-hydrogen) atoms. The summed E-state index contributed by atoms with van der Waals surface area (Å²) in [5, 5.41) is 8.89. The smallest absolute Gasteiger partial charge is 0.0696 e. The highest BCUT2D eigenvalue weighted by Crippen LogP contribution is 1.65. The molecule has 0 aliphatic rings. The van der Waals surface area contributed by atoms with E-state index in [-0.39, 0.29) is 0 Å². The molecule has 0 fully saturated rings. The second-order valence-corrected chi connectivity index (χ2v) is 1.48. The summed E-state index contributed by atoms with van der Waals surface area (Å²) in [6.07, 6.45) is 0. The molecular formula is C6H13O4-. The lowest BCUT2D eigenvalue weighted by Gasteiger charge is -1.91. The SMILES string of the molecule is CC(=O)[O-].COCCOC. The minimum Gasteiger partial charge on any atom is -0.550 e. The zero-order valence-electron chi connectivity index (χ0n) is 6.55. The Kier molecular flexibility index (Phi) is 13.6. The number of carbonyl (C=O) groups excluding carboxylic acids is 1. The largest absolute Gasteiger partial charge is 0.550 e. The molecule has 4 nitrogen and oxygen atoms in total. The van der Waals surface area contributed by atoms with Crippen LogP contribution in [0.3, 0.4) is 0 Å². The molecule has 0 N–H and O–H groups in total. The summed E-state index contributed by atoms with van der Waals surface area (Å²) in [7, 11) is 3.30. The zero-order chi connectivity index (χ0) is 8.41. The first-order valence-electron chi connectivity index (χ1n) is 2.80. The second-order valence-electron chi connectivity index (χ2n) is 1.48. The van der Waals surface area contributed by atoms with E-state index in [0.717, 1.165) is 6.92 Å². The van der Waals surface area contributed by atoms with Crippen LogP contribution in [0.4, 0.5) is 0 Å². The Balaban J connectivity index is 0. The predicted molar refractivity (Wildman–Crippen MR) is 34.4 cm³/mol. The number of methoxy groups -OCH3 is 2. The van der Waals surface area contributed by atoms with Gasteiger partial charge in [0.1, 0.15) is 0 Å². The van der Waals surface area contributed by atoms with Crippen molar-refractivity contribution in [3.8, 4) is 0 Å². The number of aliphatic carboxylic acids is 1. The molecule has 0 unspecified atom stereocenters. The van der Waals surface area contributed by atoms with E-state index in [4.69, 9.17) is 9.90 Å². The van der Waals surface area contributed by atoms with Crippen LogP contribution in [0, 0.1) is 0 Å². The Morgan fingerprint density at radius 3 is 1.60 bits per heavy atom. The molecule has 0 bridgehead atoms. The Labute approximate surface area is 60.8 Å². The average Bonchev–Trinajstić information content (AvgIpc) is 1.82. The van der Waals surface area contributed by atoms with Crippen LogP contribution in [0.15, 0.2) is 0 Å². The molecule has 0 spiro atoms. The predicted octanol–water partition coefficient (Wildman–Crippen LogP) is -0.965. The van der Waals surface area contributed by atoms with Gasteiger partial charge in [-0.15, -0.1) is 0 Å². The van der Waals surface area contributed by atoms with Gasteiger partial charge in [-0.3, -0.25) is 0 Å². The van der Waals surface area contributed by atoms with Gasteiger partial charge in [0, 0.05) is 20.2 Å². The van der Waals surface area contributed by atoms with Crippen molar-refractivity contribution >= 4 is 5.97 Å². The van der Waals surface area contributed by atoms with Gasteiger partial charge in [0.2, 0.25) is 0 Å². The fourth-order valence-corrected chi connectivity index (χ4v) is 0.167. The second kappa shape index (κ2) is 11.2. The number of carbonyl (C=O) groups is 1. The van der Waals surface area contributed by atoms with Crippen molar-refractivity contribution in [2.24, 2.45) is 0 Å². The van der Waals surface area contributed by atoms with Gasteiger partial charge < -0.3 is 19.4 Å². The van der Waals surface area contributed by atoms with Gasteiger partial charge in [-0.05, 0) is 6.92 Å². The van der Waals surface area contributed by atoms with E-state index >= 15 is 0 Å². The van der Waals surface area contributed by atoms with Crippen molar-refractivity contribution < 1.29 is 19.4 Å². The minimum atomic E-state index is -1.08. The van der Waals surface area contributed by atoms with Crippen LogP contribution < -0.4 is 5.11 Å². The van der Waals surface area contributed by atoms with Crippen molar-refractivity contribution in [3.05, 3.63) is 0 Å². The quantitative estimate of drug-likeness (QED) is 0.485. The van der Waals surface area contributed by atoms with E-state index in [9.17, 15) is 0 Å². The number of carboxylic acids is 1. The highest BCUT2D eigenvalue weighted by Gasteiger charge is 1.73.